The zero-order chi connectivity index (χ0) is 7.56. The molecule has 1 aromatic rings. The van der Waals surface area contributed by atoms with Gasteiger partial charge in [0.1, 0.15) is 13.6 Å². The first-order valence-electron chi connectivity index (χ1n) is 3.04. The molecular formula is C7H8BClO. The van der Waals surface area contributed by atoms with E-state index in [1.165, 1.54) is 0 Å². The fraction of sp³-hybridized carbons (Fsp3) is 0.143. The van der Waals surface area contributed by atoms with Gasteiger partial charge >= 0.3 is 0 Å². The van der Waals surface area contributed by atoms with E-state index in [9.17, 15) is 0 Å². The molecule has 0 fully saturated rings. The number of methoxy groups -OCH3 is 1. The molecule has 0 bridgehead atoms. The SMILES string of the molecule is Bc1cc(OC)ccc1Cl. The van der Waals surface area contributed by atoms with Crippen molar-refractivity contribution in [2.75, 3.05) is 7.11 Å². The summed E-state index contributed by atoms with van der Waals surface area (Å²) in [5.41, 5.74) is 1.04. The first kappa shape index (κ1) is 7.48. The van der Waals surface area contributed by atoms with Crippen molar-refractivity contribution in [3.05, 3.63) is 23.2 Å². The maximum Gasteiger partial charge on any atom is 0.141 e. The van der Waals surface area contributed by atoms with Crippen LogP contribution in [-0.4, -0.2) is 15.0 Å². The maximum atomic E-state index is 5.78. The van der Waals surface area contributed by atoms with Crippen LogP contribution in [0.4, 0.5) is 0 Å². The largest absolute Gasteiger partial charge is 0.497 e. The highest BCUT2D eigenvalue weighted by Gasteiger charge is 1.94. The van der Waals surface area contributed by atoms with Crippen molar-refractivity contribution >= 4 is 24.9 Å². The molecule has 0 aliphatic carbocycles. The van der Waals surface area contributed by atoms with E-state index in [4.69, 9.17) is 16.3 Å². The standard InChI is InChI=1S/C7H8BClO/c1-10-5-2-3-7(9)6(8)4-5/h2-4H,8H2,1H3. The maximum absolute atomic E-state index is 5.78. The first-order valence-corrected chi connectivity index (χ1v) is 3.42. The Morgan fingerprint density at radius 1 is 1.50 bits per heavy atom. The lowest BCUT2D eigenvalue weighted by Crippen LogP contribution is -2.03. The van der Waals surface area contributed by atoms with Gasteiger partial charge in [-0.2, -0.15) is 0 Å². The molecule has 3 heteroatoms. The van der Waals surface area contributed by atoms with Crippen molar-refractivity contribution in [3.63, 3.8) is 0 Å². The molecule has 0 unspecified atom stereocenters. The van der Waals surface area contributed by atoms with Gasteiger partial charge in [0.2, 0.25) is 0 Å². The van der Waals surface area contributed by atoms with Crippen LogP contribution in [0.3, 0.4) is 0 Å². The number of hydrogen-bond acceptors (Lipinski definition) is 1. The average Bonchev–Trinajstić information content (AvgIpc) is 1.95. The third kappa shape index (κ3) is 1.45. The van der Waals surface area contributed by atoms with Crippen LogP contribution in [-0.2, 0) is 0 Å². The fourth-order valence-electron chi connectivity index (χ4n) is 0.744. The molecule has 0 saturated carbocycles. The number of halogens is 1. The number of rotatable bonds is 1. The lowest BCUT2D eigenvalue weighted by molar-refractivity contribution is 0.415. The van der Waals surface area contributed by atoms with Crippen molar-refractivity contribution in [1.82, 2.24) is 0 Å². The number of benzene rings is 1. The summed E-state index contributed by atoms with van der Waals surface area (Å²) < 4.78 is 4.99. The molecule has 0 N–H and O–H groups in total. The van der Waals surface area contributed by atoms with E-state index in [1.807, 2.05) is 26.0 Å². The minimum atomic E-state index is 0.779. The Balaban J connectivity index is 3.04. The smallest absolute Gasteiger partial charge is 0.141 e. The highest BCUT2D eigenvalue weighted by Crippen LogP contribution is 2.11. The van der Waals surface area contributed by atoms with E-state index < -0.39 is 0 Å². The van der Waals surface area contributed by atoms with Gasteiger partial charge in [-0.1, -0.05) is 17.1 Å². The van der Waals surface area contributed by atoms with E-state index >= 15 is 0 Å². The van der Waals surface area contributed by atoms with Gasteiger partial charge in [0.05, 0.1) is 7.11 Å². The molecule has 1 rings (SSSR count). The molecule has 0 heterocycles. The van der Waals surface area contributed by atoms with Crippen LogP contribution < -0.4 is 10.2 Å². The van der Waals surface area contributed by atoms with E-state index in [-0.39, 0.29) is 0 Å². The molecule has 0 atom stereocenters. The molecule has 0 aliphatic heterocycles. The quantitative estimate of drug-likeness (QED) is 0.539. The van der Waals surface area contributed by atoms with E-state index in [0.717, 1.165) is 16.2 Å². The van der Waals surface area contributed by atoms with Crippen LogP contribution in [0.25, 0.3) is 0 Å². The zero-order valence-electron chi connectivity index (χ0n) is 6.02. The van der Waals surface area contributed by atoms with Crippen LogP contribution in [0, 0.1) is 0 Å². The van der Waals surface area contributed by atoms with Crippen molar-refractivity contribution in [1.29, 1.82) is 0 Å². The van der Waals surface area contributed by atoms with Crippen LogP contribution in [0.1, 0.15) is 0 Å². The van der Waals surface area contributed by atoms with Gasteiger partial charge in [-0.25, -0.2) is 0 Å². The Hall–Kier alpha value is -0.625. The van der Waals surface area contributed by atoms with Crippen LogP contribution >= 0.6 is 11.6 Å². The van der Waals surface area contributed by atoms with Crippen molar-refractivity contribution in [2.24, 2.45) is 0 Å². The molecule has 10 heavy (non-hydrogen) atoms. The van der Waals surface area contributed by atoms with E-state index in [1.54, 1.807) is 7.11 Å². The molecule has 52 valence electrons. The second-order valence-corrected chi connectivity index (χ2v) is 2.52. The Bertz CT molecular complexity index is 237. The Morgan fingerprint density at radius 3 is 2.70 bits per heavy atom. The van der Waals surface area contributed by atoms with Gasteiger partial charge in [-0.15, -0.1) is 0 Å². The van der Waals surface area contributed by atoms with Gasteiger partial charge in [-0.3, -0.25) is 0 Å². The molecule has 1 nitrogen and oxygen atoms in total. The van der Waals surface area contributed by atoms with E-state index in [0.29, 0.717) is 0 Å². The summed E-state index contributed by atoms with van der Waals surface area (Å²) in [5.74, 6) is 0.849. The molecular weight excluding hydrogens is 146 g/mol. The average molecular weight is 154 g/mol. The van der Waals surface area contributed by atoms with E-state index in [2.05, 4.69) is 0 Å². The second-order valence-electron chi connectivity index (χ2n) is 2.12. The normalized spacial score (nSPS) is 9.40. The predicted molar refractivity (Wildman–Crippen MR) is 46.2 cm³/mol. The molecule has 0 radical (unpaired) electrons. The third-order valence-electron chi connectivity index (χ3n) is 1.37. The number of ether oxygens (including phenoxy) is 1. The van der Waals surface area contributed by atoms with Gasteiger partial charge in [0.25, 0.3) is 0 Å². The van der Waals surface area contributed by atoms with Crippen molar-refractivity contribution < 1.29 is 4.74 Å². The minimum Gasteiger partial charge on any atom is -0.497 e. The summed E-state index contributed by atoms with van der Waals surface area (Å²) in [6.45, 7) is 0. The predicted octanol–water partition coefficient (Wildman–Crippen LogP) is 0.607. The molecule has 0 saturated heterocycles. The Kier molecular flexibility index (Phi) is 2.23. The van der Waals surface area contributed by atoms with Crippen molar-refractivity contribution in [2.45, 2.75) is 0 Å². The molecule has 0 amide bonds. The lowest BCUT2D eigenvalue weighted by Gasteiger charge is -2.01. The second kappa shape index (κ2) is 2.97. The van der Waals surface area contributed by atoms with Crippen LogP contribution in [0.15, 0.2) is 18.2 Å². The van der Waals surface area contributed by atoms with Crippen molar-refractivity contribution in [3.8, 4) is 5.75 Å². The van der Waals surface area contributed by atoms with Gasteiger partial charge < -0.3 is 4.74 Å². The topological polar surface area (TPSA) is 9.23 Å². The van der Waals surface area contributed by atoms with Crippen LogP contribution in [0.5, 0.6) is 5.75 Å². The summed E-state index contributed by atoms with van der Waals surface area (Å²) in [6.07, 6.45) is 0. The van der Waals surface area contributed by atoms with Gasteiger partial charge in [0.15, 0.2) is 0 Å². The summed E-state index contributed by atoms with van der Waals surface area (Å²) in [6, 6.07) is 5.58. The summed E-state index contributed by atoms with van der Waals surface area (Å²) >= 11 is 5.78. The van der Waals surface area contributed by atoms with Gasteiger partial charge in [0, 0.05) is 5.02 Å². The monoisotopic (exact) mass is 154 g/mol. The summed E-state index contributed by atoms with van der Waals surface area (Å²) in [5, 5.41) is 0.779. The Labute approximate surface area is 66.4 Å². The fourth-order valence-corrected chi connectivity index (χ4v) is 0.862. The first-order chi connectivity index (χ1) is 4.74. The molecule has 1 aromatic carbocycles. The molecule has 0 aromatic heterocycles. The highest BCUT2D eigenvalue weighted by molar-refractivity contribution is 6.45. The molecule has 0 spiro atoms. The Morgan fingerprint density at radius 2 is 2.20 bits per heavy atom. The lowest BCUT2D eigenvalue weighted by atomic mass is 9.96. The zero-order valence-corrected chi connectivity index (χ0v) is 6.77. The van der Waals surface area contributed by atoms with Crippen LogP contribution in [0.2, 0.25) is 5.02 Å². The number of hydrogen-bond donors (Lipinski definition) is 0. The van der Waals surface area contributed by atoms with Gasteiger partial charge in [-0.05, 0) is 18.2 Å². The third-order valence-corrected chi connectivity index (χ3v) is 1.79. The highest BCUT2D eigenvalue weighted by atomic mass is 35.5. The molecule has 0 aliphatic rings. The summed E-state index contributed by atoms with van der Waals surface area (Å²) in [7, 11) is 3.59. The summed E-state index contributed by atoms with van der Waals surface area (Å²) in [4.78, 5) is 0. The minimum absolute atomic E-state index is 0.779.